The summed E-state index contributed by atoms with van der Waals surface area (Å²) in [4.78, 5) is 4.68. The molecule has 0 saturated carbocycles. The van der Waals surface area contributed by atoms with Gasteiger partial charge in [0.15, 0.2) is 0 Å². The van der Waals surface area contributed by atoms with Crippen molar-refractivity contribution in [2.75, 3.05) is 0 Å². The summed E-state index contributed by atoms with van der Waals surface area (Å²) in [6, 6.07) is 36.7. The van der Waals surface area contributed by atoms with Crippen molar-refractivity contribution in [3.63, 3.8) is 0 Å². The van der Waals surface area contributed by atoms with Crippen LogP contribution >= 0.6 is 0 Å². The Morgan fingerprint density at radius 1 is 0.629 bits per heavy atom. The van der Waals surface area contributed by atoms with Crippen molar-refractivity contribution in [2.24, 2.45) is 0 Å². The SMILES string of the molecule is c1cc(Oc2cccc(-n3c4ccccc4c4cccnc43)c2)cc(-n2cc3ccccc3n2)c1. The van der Waals surface area contributed by atoms with E-state index < -0.39 is 0 Å². The van der Waals surface area contributed by atoms with Crippen LogP contribution in [-0.2, 0) is 0 Å². The number of para-hydroxylation sites is 1. The molecule has 0 aliphatic rings. The van der Waals surface area contributed by atoms with Crippen molar-refractivity contribution in [3.05, 3.63) is 122 Å². The summed E-state index contributed by atoms with van der Waals surface area (Å²) in [6.07, 6.45) is 3.87. The van der Waals surface area contributed by atoms with E-state index in [2.05, 4.69) is 63.2 Å². The zero-order valence-electron chi connectivity index (χ0n) is 18.7. The molecule has 0 unspecified atom stereocenters. The van der Waals surface area contributed by atoms with Crippen molar-refractivity contribution in [3.8, 4) is 22.9 Å². The highest BCUT2D eigenvalue weighted by molar-refractivity contribution is 6.07. The van der Waals surface area contributed by atoms with E-state index in [1.807, 2.05) is 77.7 Å². The quantitative estimate of drug-likeness (QED) is 0.281. The molecule has 7 aromatic rings. The van der Waals surface area contributed by atoms with E-state index in [1.165, 1.54) is 5.39 Å². The molecule has 166 valence electrons. The van der Waals surface area contributed by atoms with Gasteiger partial charge in [-0.15, -0.1) is 0 Å². The van der Waals surface area contributed by atoms with E-state index >= 15 is 0 Å². The highest BCUT2D eigenvalue weighted by atomic mass is 16.5. The summed E-state index contributed by atoms with van der Waals surface area (Å²) in [7, 11) is 0. The summed E-state index contributed by atoms with van der Waals surface area (Å²) in [5, 5.41) is 8.11. The minimum absolute atomic E-state index is 0.750. The Morgan fingerprint density at radius 3 is 2.26 bits per heavy atom. The molecular formula is C30H20N4O. The van der Waals surface area contributed by atoms with Crippen molar-refractivity contribution < 1.29 is 4.74 Å². The predicted octanol–water partition coefficient (Wildman–Crippen LogP) is 7.31. The van der Waals surface area contributed by atoms with Gasteiger partial charge in [-0.1, -0.05) is 48.5 Å². The summed E-state index contributed by atoms with van der Waals surface area (Å²) in [5.74, 6) is 1.51. The molecule has 0 N–H and O–H groups in total. The lowest BCUT2D eigenvalue weighted by Crippen LogP contribution is -1.97. The van der Waals surface area contributed by atoms with Crippen LogP contribution in [0.15, 0.2) is 122 Å². The topological polar surface area (TPSA) is 44.9 Å². The Balaban J connectivity index is 1.27. The zero-order valence-corrected chi connectivity index (χ0v) is 18.7. The van der Waals surface area contributed by atoms with Gasteiger partial charge in [0, 0.05) is 40.7 Å². The second-order valence-corrected chi connectivity index (χ2v) is 8.46. The lowest BCUT2D eigenvalue weighted by Gasteiger charge is -2.11. The first-order valence-corrected chi connectivity index (χ1v) is 11.5. The molecule has 0 radical (unpaired) electrons. The molecule has 5 nitrogen and oxygen atoms in total. The zero-order chi connectivity index (χ0) is 23.2. The molecule has 0 saturated heterocycles. The number of benzene rings is 4. The van der Waals surface area contributed by atoms with Gasteiger partial charge < -0.3 is 4.74 Å². The van der Waals surface area contributed by atoms with Gasteiger partial charge >= 0.3 is 0 Å². The number of ether oxygens (including phenoxy) is 1. The fourth-order valence-electron chi connectivity index (χ4n) is 4.67. The van der Waals surface area contributed by atoms with E-state index in [0.717, 1.165) is 50.3 Å². The van der Waals surface area contributed by atoms with E-state index in [-0.39, 0.29) is 0 Å². The normalized spacial score (nSPS) is 11.4. The molecule has 7 rings (SSSR count). The van der Waals surface area contributed by atoms with Crippen molar-refractivity contribution >= 4 is 32.8 Å². The van der Waals surface area contributed by atoms with Gasteiger partial charge in [-0.25, -0.2) is 9.67 Å². The summed E-state index contributed by atoms with van der Waals surface area (Å²) in [6.45, 7) is 0. The van der Waals surface area contributed by atoms with Crippen LogP contribution in [0, 0.1) is 0 Å². The van der Waals surface area contributed by atoms with Gasteiger partial charge in [0.1, 0.15) is 17.1 Å². The highest BCUT2D eigenvalue weighted by Crippen LogP contribution is 2.32. The van der Waals surface area contributed by atoms with E-state index in [9.17, 15) is 0 Å². The van der Waals surface area contributed by atoms with Crippen LogP contribution in [0.2, 0.25) is 0 Å². The maximum Gasteiger partial charge on any atom is 0.145 e. The molecule has 0 bridgehead atoms. The molecule has 5 heteroatoms. The number of hydrogen-bond acceptors (Lipinski definition) is 3. The monoisotopic (exact) mass is 452 g/mol. The number of aromatic nitrogens is 4. The molecule has 0 spiro atoms. The number of rotatable bonds is 4. The van der Waals surface area contributed by atoms with Gasteiger partial charge in [0.2, 0.25) is 0 Å². The predicted molar refractivity (Wildman–Crippen MR) is 140 cm³/mol. The Kier molecular flexibility index (Phi) is 4.39. The van der Waals surface area contributed by atoms with Gasteiger partial charge in [-0.3, -0.25) is 4.57 Å². The lowest BCUT2D eigenvalue weighted by molar-refractivity contribution is 0.482. The average molecular weight is 453 g/mol. The molecule has 0 fully saturated rings. The molecule has 0 aliphatic heterocycles. The standard InChI is InChI=1S/C30H20N4O/c1-3-15-28-21(8-1)20-33(32-28)22-9-5-11-24(18-22)35-25-12-6-10-23(19-25)34-29-16-4-2-13-26(29)27-14-7-17-31-30(27)34/h1-20H. The van der Waals surface area contributed by atoms with Gasteiger partial charge in [-0.2, -0.15) is 5.10 Å². The molecule has 4 aromatic carbocycles. The van der Waals surface area contributed by atoms with E-state index in [4.69, 9.17) is 4.74 Å². The fourth-order valence-corrected chi connectivity index (χ4v) is 4.67. The van der Waals surface area contributed by atoms with Crippen molar-refractivity contribution in [2.45, 2.75) is 0 Å². The third-order valence-corrected chi connectivity index (χ3v) is 6.24. The molecule has 0 aliphatic carbocycles. The molecule has 3 aromatic heterocycles. The smallest absolute Gasteiger partial charge is 0.145 e. The molecule has 0 atom stereocenters. The molecule has 35 heavy (non-hydrogen) atoms. The summed E-state index contributed by atoms with van der Waals surface area (Å²) < 4.78 is 10.4. The van der Waals surface area contributed by atoms with Crippen LogP contribution in [0.4, 0.5) is 0 Å². The van der Waals surface area contributed by atoms with Crippen LogP contribution in [-0.4, -0.2) is 19.3 Å². The number of nitrogens with zero attached hydrogens (tertiary/aromatic N) is 4. The number of fused-ring (bicyclic) bond motifs is 4. The number of pyridine rings is 1. The van der Waals surface area contributed by atoms with Crippen LogP contribution in [0.3, 0.4) is 0 Å². The Bertz CT molecular complexity index is 1760. The lowest BCUT2D eigenvalue weighted by atomic mass is 10.2. The maximum absolute atomic E-state index is 6.30. The van der Waals surface area contributed by atoms with Crippen molar-refractivity contribution in [1.29, 1.82) is 0 Å². The van der Waals surface area contributed by atoms with Crippen LogP contribution in [0.1, 0.15) is 0 Å². The van der Waals surface area contributed by atoms with Gasteiger partial charge in [0.05, 0.1) is 22.4 Å². The Morgan fingerprint density at radius 2 is 1.37 bits per heavy atom. The molecular weight excluding hydrogens is 432 g/mol. The average Bonchev–Trinajstić information content (AvgIpc) is 3.49. The second-order valence-electron chi connectivity index (χ2n) is 8.46. The van der Waals surface area contributed by atoms with Crippen molar-refractivity contribution in [1.82, 2.24) is 19.3 Å². The largest absolute Gasteiger partial charge is 0.457 e. The fraction of sp³-hybridized carbons (Fsp3) is 0. The van der Waals surface area contributed by atoms with Gasteiger partial charge in [-0.05, 0) is 48.5 Å². The van der Waals surface area contributed by atoms with Crippen LogP contribution in [0.5, 0.6) is 11.5 Å². The minimum atomic E-state index is 0.750. The van der Waals surface area contributed by atoms with Crippen LogP contribution in [0.25, 0.3) is 44.2 Å². The first-order valence-electron chi connectivity index (χ1n) is 11.5. The maximum atomic E-state index is 6.30. The summed E-state index contributed by atoms with van der Waals surface area (Å²) in [5.41, 5.74) is 4.96. The van der Waals surface area contributed by atoms with E-state index in [0.29, 0.717) is 0 Å². The minimum Gasteiger partial charge on any atom is -0.457 e. The highest BCUT2D eigenvalue weighted by Gasteiger charge is 2.13. The third kappa shape index (κ3) is 3.33. The Hall–Kier alpha value is -4.90. The molecule has 3 heterocycles. The van der Waals surface area contributed by atoms with E-state index in [1.54, 1.807) is 0 Å². The van der Waals surface area contributed by atoms with Crippen LogP contribution < -0.4 is 4.74 Å². The Labute approximate surface area is 201 Å². The first-order chi connectivity index (χ1) is 17.3. The second kappa shape index (κ2) is 7.85. The number of hydrogen-bond donors (Lipinski definition) is 0. The third-order valence-electron chi connectivity index (χ3n) is 6.24. The summed E-state index contributed by atoms with van der Waals surface area (Å²) >= 11 is 0. The first kappa shape index (κ1) is 19.6. The molecule has 0 amide bonds. The van der Waals surface area contributed by atoms with Gasteiger partial charge in [0.25, 0.3) is 0 Å².